The van der Waals surface area contributed by atoms with Gasteiger partial charge in [0.2, 0.25) is 0 Å². The normalized spacial score (nSPS) is 18.2. The molecule has 0 aromatic heterocycles. The molecule has 1 aromatic carbocycles. The Hall–Kier alpha value is -1.21. The molecular weight excluding hydrogens is 354 g/mol. The molecule has 1 saturated heterocycles. The summed E-state index contributed by atoms with van der Waals surface area (Å²) in [5.74, 6) is 2.15. The van der Waals surface area contributed by atoms with E-state index in [0.29, 0.717) is 6.54 Å². The SMILES string of the molecule is CCNC(=NCc1ccc(CS(C)(=O)=O)cc1)N1CCSC(C)(C)C1. The van der Waals surface area contributed by atoms with E-state index in [1.165, 1.54) is 6.26 Å². The number of hydrogen-bond acceptors (Lipinski definition) is 4. The number of rotatable bonds is 5. The third-order valence-corrected chi connectivity index (χ3v) is 6.08. The summed E-state index contributed by atoms with van der Waals surface area (Å²) >= 11 is 2.01. The summed E-state index contributed by atoms with van der Waals surface area (Å²) in [6, 6.07) is 7.67. The van der Waals surface area contributed by atoms with Gasteiger partial charge in [-0.25, -0.2) is 13.4 Å². The molecule has 0 unspecified atom stereocenters. The van der Waals surface area contributed by atoms with Crippen molar-refractivity contribution in [2.75, 3.05) is 31.6 Å². The van der Waals surface area contributed by atoms with Crippen LogP contribution in [0.15, 0.2) is 29.3 Å². The van der Waals surface area contributed by atoms with Crippen molar-refractivity contribution in [2.24, 2.45) is 4.99 Å². The number of hydrogen-bond donors (Lipinski definition) is 1. The van der Waals surface area contributed by atoms with Crippen LogP contribution in [-0.2, 0) is 22.1 Å². The third-order valence-electron chi connectivity index (χ3n) is 3.92. The molecule has 1 N–H and O–H groups in total. The number of nitrogens with one attached hydrogen (secondary N) is 1. The van der Waals surface area contributed by atoms with Crippen LogP contribution in [0.5, 0.6) is 0 Å². The summed E-state index contributed by atoms with van der Waals surface area (Å²) in [4.78, 5) is 7.11. The molecule has 1 aromatic rings. The first-order chi connectivity index (χ1) is 11.7. The van der Waals surface area contributed by atoms with Gasteiger partial charge in [-0.05, 0) is 31.9 Å². The maximum atomic E-state index is 11.4. The summed E-state index contributed by atoms with van der Waals surface area (Å²) in [5.41, 5.74) is 1.90. The van der Waals surface area contributed by atoms with Gasteiger partial charge in [0.05, 0.1) is 12.3 Å². The van der Waals surface area contributed by atoms with Gasteiger partial charge in [-0.2, -0.15) is 11.8 Å². The molecule has 5 nitrogen and oxygen atoms in total. The Morgan fingerprint density at radius 2 is 1.92 bits per heavy atom. The van der Waals surface area contributed by atoms with Crippen LogP contribution in [0.4, 0.5) is 0 Å². The highest BCUT2D eigenvalue weighted by molar-refractivity contribution is 8.00. The highest BCUT2D eigenvalue weighted by Crippen LogP contribution is 2.29. The van der Waals surface area contributed by atoms with E-state index in [2.05, 4.69) is 31.0 Å². The standard InChI is InChI=1S/C18H29N3O2S2/c1-5-19-17(21-10-11-24-18(2,3)14-21)20-12-15-6-8-16(9-7-15)13-25(4,22)23/h6-9H,5,10-14H2,1-4H3,(H,19,20). The second-order valence-corrected chi connectivity index (χ2v) is 11.0. The van der Waals surface area contributed by atoms with Crippen molar-refractivity contribution in [3.63, 3.8) is 0 Å². The Balaban J connectivity index is 2.05. The average Bonchev–Trinajstić information content (AvgIpc) is 2.50. The second-order valence-electron chi connectivity index (χ2n) is 7.09. The van der Waals surface area contributed by atoms with E-state index in [0.717, 1.165) is 42.5 Å². The maximum Gasteiger partial charge on any atom is 0.194 e. The Kier molecular flexibility index (Phi) is 6.79. The van der Waals surface area contributed by atoms with Gasteiger partial charge in [-0.1, -0.05) is 24.3 Å². The average molecular weight is 384 g/mol. The minimum atomic E-state index is -2.99. The first-order valence-electron chi connectivity index (χ1n) is 8.61. The smallest absolute Gasteiger partial charge is 0.194 e. The van der Waals surface area contributed by atoms with Gasteiger partial charge in [-0.3, -0.25) is 0 Å². The van der Waals surface area contributed by atoms with E-state index in [-0.39, 0.29) is 10.5 Å². The van der Waals surface area contributed by atoms with Gasteiger partial charge in [-0.15, -0.1) is 0 Å². The molecule has 140 valence electrons. The highest BCUT2D eigenvalue weighted by Gasteiger charge is 2.28. The van der Waals surface area contributed by atoms with E-state index in [1.807, 2.05) is 36.0 Å². The molecule has 1 heterocycles. The van der Waals surface area contributed by atoms with Crippen LogP contribution < -0.4 is 5.32 Å². The highest BCUT2D eigenvalue weighted by atomic mass is 32.2. The Morgan fingerprint density at radius 1 is 1.28 bits per heavy atom. The van der Waals surface area contributed by atoms with E-state index in [9.17, 15) is 8.42 Å². The molecular formula is C18H29N3O2S2. The van der Waals surface area contributed by atoms with E-state index in [1.54, 1.807) is 0 Å². The molecule has 0 amide bonds. The first kappa shape index (κ1) is 20.1. The van der Waals surface area contributed by atoms with Gasteiger partial charge < -0.3 is 10.2 Å². The molecule has 25 heavy (non-hydrogen) atoms. The summed E-state index contributed by atoms with van der Waals surface area (Å²) in [6.45, 7) is 10.0. The lowest BCUT2D eigenvalue weighted by molar-refractivity contribution is 0.376. The zero-order valence-corrected chi connectivity index (χ0v) is 17.2. The van der Waals surface area contributed by atoms with Gasteiger partial charge in [0.1, 0.15) is 0 Å². The topological polar surface area (TPSA) is 61.8 Å². The quantitative estimate of drug-likeness (QED) is 0.625. The number of benzene rings is 1. The van der Waals surface area contributed by atoms with Crippen molar-refractivity contribution in [1.29, 1.82) is 0 Å². The third kappa shape index (κ3) is 6.90. The van der Waals surface area contributed by atoms with Crippen molar-refractivity contribution in [1.82, 2.24) is 10.2 Å². The van der Waals surface area contributed by atoms with Crippen molar-refractivity contribution < 1.29 is 8.42 Å². The molecule has 2 rings (SSSR count). The van der Waals surface area contributed by atoms with Gasteiger partial charge in [0.15, 0.2) is 15.8 Å². The zero-order chi connectivity index (χ0) is 18.5. The molecule has 0 aliphatic carbocycles. The lowest BCUT2D eigenvalue weighted by atomic mass is 10.1. The van der Waals surface area contributed by atoms with Crippen LogP contribution in [0, 0.1) is 0 Å². The van der Waals surface area contributed by atoms with Crippen molar-refractivity contribution in [3.05, 3.63) is 35.4 Å². The number of nitrogens with zero attached hydrogens (tertiary/aromatic N) is 2. The fraction of sp³-hybridized carbons (Fsp3) is 0.611. The molecule has 0 atom stereocenters. The zero-order valence-electron chi connectivity index (χ0n) is 15.6. The monoisotopic (exact) mass is 383 g/mol. The molecule has 0 bridgehead atoms. The molecule has 1 aliphatic heterocycles. The number of aliphatic imine (C=N–C) groups is 1. The minimum absolute atomic E-state index is 0.0831. The lowest BCUT2D eigenvalue weighted by Crippen LogP contribution is -2.50. The molecule has 0 saturated carbocycles. The Morgan fingerprint density at radius 3 is 2.48 bits per heavy atom. The molecule has 0 radical (unpaired) electrons. The summed E-state index contributed by atoms with van der Waals surface area (Å²) < 4.78 is 23.0. The summed E-state index contributed by atoms with van der Waals surface area (Å²) in [5, 5.41) is 3.39. The Bertz CT molecular complexity index is 698. The molecule has 7 heteroatoms. The predicted molar refractivity (Wildman–Crippen MR) is 108 cm³/mol. The maximum absolute atomic E-state index is 11.4. The van der Waals surface area contributed by atoms with Gasteiger partial charge in [0, 0.05) is 36.4 Å². The number of guanidine groups is 1. The van der Waals surface area contributed by atoms with Crippen LogP contribution in [0.25, 0.3) is 0 Å². The van der Waals surface area contributed by atoms with Crippen molar-refractivity contribution in [3.8, 4) is 0 Å². The molecule has 1 aliphatic rings. The van der Waals surface area contributed by atoms with Crippen LogP contribution in [0.2, 0.25) is 0 Å². The largest absolute Gasteiger partial charge is 0.357 e. The number of sulfone groups is 1. The second kappa shape index (κ2) is 8.45. The molecule has 1 fully saturated rings. The van der Waals surface area contributed by atoms with Crippen molar-refractivity contribution in [2.45, 2.75) is 37.8 Å². The fourth-order valence-corrected chi connectivity index (χ4v) is 4.74. The van der Waals surface area contributed by atoms with Crippen molar-refractivity contribution >= 4 is 27.6 Å². The van der Waals surface area contributed by atoms with Gasteiger partial charge in [0.25, 0.3) is 0 Å². The van der Waals surface area contributed by atoms with Gasteiger partial charge >= 0.3 is 0 Å². The van der Waals surface area contributed by atoms with Crippen LogP contribution in [0.1, 0.15) is 31.9 Å². The summed E-state index contributed by atoms with van der Waals surface area (Å²) in [7, 11) is -2.99. The lowest BCUT2D eigenvalue weighted by Gasteiger charge is -2.39. The van der Waals surface area contributed by atoms with E-state index in [4.69, 9.17) is 4.99 Å². The number of thioether (sulfide) groups is 1. The Labute approximate surface area is 156 Å². The van der Waals surface area contributed by atoms with Crippen LogP contribution in [0.3, 0.4) is 0 Å². The fourth-order valence-electron chi connectivity index (χ4n) is 2.83. The van der Waals surface area contributed by atoms with E-state index >= 15 is 0 Å². The predicted octanol–water partition coefficient (Wildman–Crippen LogP) is 2.52. The van der Waals surface area contributed by atoms with Crippen LogP contribution in [-0.4, -0.2) is 55.7 Å². The van der Waals surface area contributed by atoms with E-state index < -0.39 is 9.84 Å². The van der Waals surface area contributed by atoms with Crippen LogP contribution >= 0.6 is 11.8 Å². The molecule has 0 spiro atoms. The summed E-state index contributed by atoms with van der Waals surface area (Å²) in [6.07, 6.45) is 1.26. The first-order valence-corrected chi connectivity index (χ1v) is 11.7. The minimum Gasteiger partial charge on any atom is -0.357 e.